The first kappa shape index (κ1) is 15.1. The highest BCUT2D eigenvalue weighted by Gasteiger charge is 2.39. The monoisotopic (exact) mass is 282 g/mol. The minimum Gasteiger partial charge on any atom is -0.481 e. The van der Waals surface area contributed by atoms with Crippen LogP contribution in [0.25, 0.3) is 0 Å². The van der Waals surface area contributed by atoms with Crippen molar-refractivity contribution in [2.75, 3.05) is 6.54 Å². The second-order valence-corrected chi connectivity index (χ2v) is 7.06. The van der Waals surface area contributed by atoms with Crippen molar-refractivity contribution in [2.24, 2.45) is 11.3 Å². The maximum Gasteiger partial charge on any atom is 0.317 e. The van der Waals surface area contributed by atoms with Gasteiger partial charge in [0, 0.05) is 18.6 Å². The first-order valence-electron chi connectivity index (χ1n) is 7.60. The molecule has 5 heteroatoms. The van der Waals surface area contributed by atoms with Crippen molar-refractivity contribution in [3.8, 4) is 0 Å². The van der Waals surface area contributed by atoms with Crippen LogP contribution in [-0.4, -0.2) is 40.6 Å². The minimum absolute atomic E-state index is 0.0917. The normalized spacial score (nSPS) is 30.2. The summed E-state index contributed by atoms with van der Waals surface area (Å²) in [6.07, 6.45) is 4.85. The van der Waals surface area contributed by atoms with E-state index in [0.717, 1.165) is 25.7 Å². The van der Waals surface area contributed by atoms with Gasteiger partial charge < -0.3 is 15.3 Å². The van der Waals surface area contributed by atoms with E-state index in [2.05, 4.69) is 19.2 Å². The van der Waals surface area contributed by atoms with Crippen molar-refractivity contribution < 1.29 is 14.7 Å². The summed E-state index contributed by atoms with van der Waals surface area (Å²) in [4.78, 5) is 25.0. The van der Waals surface area contributed by atoms with Crippen LogP contribution >= 0.6 is 0 Å². The van der Waals surface area contributed by atoms with Crippen LogP contribution < -0.4 is 5.32 Å². The molecule has 5 nitrogen and oxygen atoms in total. The van der Waals surface area contributed by atoms with Crippen molar-refractivity contribution in [1.29, 1.82) is 0 Å². The third-order valence-corrected chi connectivity index (χ3v) is 5.00. The Hall–Kier alpha value is -1.26. The van der Waals surface area contributed by atoms with Gasteiger partial charge in [0.2, 0.25) is 0 Å². The van der Waals surface area contributed by atoms with Crippen LogP contribution in [0.5, 0.6) is 0 Å². The number of amides is 2. The number of nitrogens with zero attached hydrogens (tertiary/aromatic N) is 1. The number of aliphatic carboxylic acids is 1. The van der Waals surface area contributed by atoms with Crippen LogP contribution in [0.2, 0.25) is 0 Å². The molecule has 1 saturated carbocycles. The number of carboxylic acid groups (broad SMARTS) is 1. The summed E-state index contributed by atoms with van der Waals surface area (Å²) in [6, 6.07) is -0.0647. The maximum absolute atomic E-state index is 12.3. The fourth-order valence-corrected chi connectivity index (χ4v) is 3.36. The topological polar surface area (TPSA) is 69.6 Å². The largest absolute Gasteiger partial charge is 0.481 e. The van der Waals surface area contributed by atoms with Crippen LogP contribution in [0.3, 0.4) is 0 Å². The van der Waals surface area contributed by atoms with E-state index in [4.69, 9.17) is 5.11 Å². The Kier molecular flexibility index (Phi) is 4.25. The number of rotatable bonds is 2. The van der Waals surface area contributed by atoms with Gasteiger partial charge >= 0.3 is 12.0 Å². The molecule has 114 valence electrons. The number of nitrogens with one attached hydrogen (secondary N) is 1. The van der Waals surface area contributed by atoms with E-state index in [1.165, 1.54) is 0 Å². The number of likely N-dealkylation sites (tertiary alicyclic amines) is 1. The van der Waals surface area contributed by atoms with Gasteiger partial charge in [-0.3, -0.25) is 4.79 Å². The molecule has 2 rings (SSSR count). The lowest BCUT2D eigenvalue weighted by atomic mass is 9.75. The minimum atomic E-state index is -0.799. The molecule has 2 N–H and O–H groups in total. The van der Waals surface area contributed by atoms with Gasteiger partial charge in [-0.25, -0.2) is 4.79 Å². The van der Waals surface area contributed by atoms with Gasteiger partial charge in [-0.05, 0) is 44.4 Å². The summed E-state index contributed by atoms with van der Waals surface area (Å²) in [5.41, 5.74) is 0.385. The van der Waals surface area contributed by atoms with Gasteiger partial charge in [0.25, 0.3) is 0 Å². The third kappa shape index (κ3) is 3.25. The lowest BCUT2D eigenvalue weighted by Gasteiger charge is -2.35. The number of hydrogen-bond donors (Lipinski definition) is 2. The number of carbonyl (C=O) groups excluding carboxylic acids is 1. The van der Waals surface area contributed by atoms with E-state index in [-0.39, 0.29) is 18.1 Å². The van der Waals surface area contributed by atoms with Gasteiger partial charge in [-0.1, -0.05) is 13.8 Å². The predicted molar refractivity (Wildman–Crippen MR) is 76.5 cm³/mol. The van der Waals surface area contributed by atoms with Crippen molar-refractivity contribution in [1.82, 2.24) is 10.2 Å². The molecular weight excluding hydrogens is 256 g/mol. The zero-order valence-corrected chi connectivity index (χ0v) is 12.7. The molecule has 20 heavy (non-hydrogen) atoms. The van der Waals surface area contributed by atoms with E-state index >= 15 is 0 Å². The first-order chi connectivity index (χ1) is 9.30. The van der Waals surface area contributed by atoms with E-state index in [0.29, 0.717) is 18.4 Å². The van der Waals surface area contributed by atoms with Gasteiger partial charge in [0.05, 0.1) is 5.92 Å². The zero-order chi connectivity index (χ0) is 14.9. The lowest BCUT2D eigenvalue weighted by Crippen LogP contribution is -2.48. The molecule has 0 aromatic heterocycles. The highest BCUT2D eigenvalue weighted by molar-refractivity contribution is 5.78. The van der Waals surface area contributed by atoms with Crippen LogP contribution in [0, 0.1) is 11.3 Å². The molecule has 0 bridgehead atoms. The van der Waals surface area contributed by atoms with Crippen molar-refractivity contribution in [3.05, 3.63) is 0 Å². The Bertz CT molecular complexity index is 385. The van der Waals surface area contributed by atoms with Crippen LogP contribution in [0.4, 0.5) is 4.79 Å². The van der Waals surface area contributed by atoms with Crippen molar-refractivity contribution in [3.63, 3.8) is 0 Å². The van der Waals surface area contributed by atoms with Gasteiger partial charge in [-0.15, -0.1) is 0 Å². The fraction of sp³-hybridized carbons (Fsp3) is 0.867. The second-order valence-electron chi connectivity index (χ2n) is 7.06. The molecule has 2 atom stereocenters. The molecular formula is C15H26N2O3. The van der Waals surface area contributed by atoms with E-state index in [9.17, 15) is 9.59 Å². The Morgan fingerprint density at radius 2 is 1.80 bits per heavy atom. The first-order valence-corrected chi connectivity index (χ1v) is 7.60. The average molecular weight is 282 g/mol. The highest BCUT2D eigenvalue weighted by Crippen LogP contribution is 2.35. The Balaban J connectivity index is 1.86. The van der Waals surface area contributed by atoms with Gasteiger partial charge in [0.15, 0.2) is 0 Å². The molecule has 0 aromatic rings. The van der Waals surface area contributed by atoms with Crippen LogP contribution in [0.1, 0.15) is 52.9 Å². The molecule has 1 aliphatic heterocycles. The Morgan fingerprint density at radius 3 is 2.30 bits per heavy atom. The summed E-state index contributed by atoms with van der Waals surface area (Å²) in [5.74, 6) is -1.22. The van der Waals surface area contributed by atoms with Gasteiger partial charge in [0.1, 0.15) is 0 Å². The molecule has 0 aromatic carbocycles. The summed E-state index contributed by atoms with van der Waals surface area (Å²) in [6.45, 7) is 6.91. The van der Waals surface area contributed by atoms with Crippen molar-refractivity contribution in [2.45, 2.75) is 65.0 Å². The number of hydrogen-bond acceptors (Lipinski definition) is 2. The smallest absolute Gasteiger partial charge is 0.317 e. The summed E-state index contributed by atoms with van der Waals surface area (Å²) in [5, 5.41) is 12.2. The van der Waals surface area contributed by atoms with E-state index < -0.39 is 11.9 Å². The third-order valence-electron chi connectivity index (χ3n) is 5.00. The molecule has 1 saturated heterocycles. The number of carboxylic acids is 1. The van der Waals surface area contributed by atoms with E-state index in [1.54, 1.807) is 4.90 Å². The molecule has 1 heterocycles. The molecule has 0 radical (unpaired) electrons. The number of urea groups is 1. The van der Waals surface area contributed by atoms with Crippen molar-refractivity contribution >= 4 is 12.0 Å². The number of carbonyl (C=O) groups is 2. The zero-order valence-electron chi connectivity index (χ0n) is 12.7. The molecule has 2 aliphatic rings. The molecule has 0 spiro atoms. The fourth-order valence-electron chi connectivity index (χ4n) is 3.36. The van der Waals surface area contributed by atoms with Gasteiger partial charge in [-0.2, -0.15) is 0 Å². The maximum atomic E-state index is 12.3. The predicted octanol–water partition coefficient (Wildman–Crippen LogP) is 2.46. The summed E-state index contributed by atoms with van der Waals surface area (Å²) in [7, 11) is 0. The lowest BCUT2D eigenvalue weighted by molar-refractivity contribution is -0.142. The molecule has 2 amide bonds. The molecule has 2 fully saturated rings. The quantitative estimate of drug-likeness (QED) is 0.817. The summed E-state index contributed by atoms with van der Waals surface area (Å²) >= 11 is 0. The molecule has 1 aliphatic carbocycles. The Morgan fingerprint density at radius 1 is 1.20 bits per heavy atom. The highest BCUT2D eigenvalue weighted by atomic mass is 16.4. The van der Waals surface area contributed by atoms with Crippen LogP contribution in [-0.2, 0) is 4.79 Å². The average Bonchev–Trinajstić information content (AvgIpc) is 2.74. The standard InChI is InChI=1S/C15H26N2O3/c1-10-12(13(18)19)6-9-17(10)14(20)16-11-4-7-15(2,3)8-5-11/h10-12H,4-9H2,1-3H3,(H,16,20)(H,18,19). The molecule has 2 unspecified atom stereocenters. The Labute approximate surface area is 120 Å². The second kappa shape index (κ2) is 5.62. The van der Waals surface area contributed by atoms with E-state index in [1.807, 2.05) is 6.92 Å². The van der Waals surface area contributed by atoms with Crippen LogP contribution in [0.15, 0.2) is 0 Å². The summed E-state index contributed by atoms with van der Waals surface area (Å²) < 4.78 is 0. The SMILES string of the molecule is CC1C(C(=O)O)CCN1C(=O)NC1CCC(C)(C)CC1.